The molecule has 0 saturated heterocycles. The van der Waals surface area contributed by atoms with E-state index in [0.29, 0.717) is 29.1 Å². The molecule has 0 saturated carbocycles. The lowest BCUT2D eigenvalue weighted by atomic mass is 9.94. The maximum Gasteiger partial charge on any atom is 0.322 e. The van der Waals surface area contributed by atoms with Crippen molar-refractivity contribution in [2.45, 2.75) is 13.0 Å². The van der Waals surface area contributed by atoms with Gasteiger partial charge in [-0.3, -0.25) is 4.90 Å². The molecule has 2 aromatic carbocycles. The second-order valence-corrected chi connectivity index (χ2v) is 7.33. The quantitative estimate of drug-likeness (QED) is 0.530. The van der Waals surface area contributed by atoms with E-state index >= 15 is 0 Å². The number of amides is 2. The van der Waals surface area contributed by atoms with Crippen LogP contribution in [0.15, 0.2) is 65.3 Å². The molecule has 2 amide bonds. The van der Waals surface area contributed by atoms with Crippen LogP contribution < -0.4 is 14.8 Å². The number of carbonyl (C=O) groups excluding carboxylic acids is 1. The second-order valence-electron chi connectivity index (χ2n) is 7.33. The van der Waals surface area contributed by atoms with Crippen LogP contribution in [-0.4, -0.2) is 41.8 Å². The SMILES string of the molecule is C=CCN1C(=O)NC(c2cccc(OC)c2)C(c2nc(-c3ccc(OC)c(F)c3)no2)=C1C. The minimum atomic E-state index is -0.561. The molecule has 4 rings (SSSR count). The van der Waals surface area contributed by atoms with E-state index in [1.165, 1.54) is 24.1 Å². The van der Waals surface area contributed by atoms with E-state index in [2.05, 4.69) is 22.0 Å². The van der Waals surface area contributed by atoms with Crippen molar-refractivity contribution >= 4 is 11.6 Å². The number of hydrogen-bond donors (Lipinski definition) is 1. The Morgan fingerprint density at radius 2 is 2.06 bits per heavy atom. The summed E-state index contributed by atoms with van der Waals surface area (Å²) >= 11 is 0. The molecule has 2 heterocycles. The summed E-state index contributed by atoms with van der Waals surface area (Å²) in [6, 6.07) is 10.9. The van der Waals surface area contributed by atoms with Crippen molar-refractivity contribution in [3.63, 3.8) is 0 Å². The van der Waals surface area contributed by atoms with E-state index in [1.54, 1.807) is 19.3 Å². The Labute approximate surface area is 190 Å². The summed E-state index contributed by atoms with van der Waals surface area (Å²) < 4.78 is 30.1. The van der Waals surface area contributed by atoms with Gasteiger partial charge < -0.3 is 19.3 Å². The molecule has 0 spiro atoms. The zero-order chi connectivity index (χ0) is 23.5. The Balaban J connectivity index is 1.81. The molecular weight excluding hydrogens is 427 g/mol. The van der Waals surface area contributed by atoms with E-state index in [-0.39, 0.29) is 23.5 Å². The van der Waals surface area contributed by atoms with Gasteiger partial charge in [-0.15, -0.1) is 6.58 Å². The minimum Gasteiger partial charge on any atom is -0.497 e. The molecule has 0 radical (unpaired) electrons. The van der Waals surface area contributed by atoms with E-state index in [4.69, 9.17) is 14.0 Å². The first-order valence-corrected chi connectivity index (χ1v) is 10.2. The summed E-state index contributed by atoms with van der Waals surface area (Å²) in [5.74, 6) is 0.651. The van der Waals surface area contributed by atoms with Crippen molar-refractivity contribution in [1.29, 1.82) is 0 Å². The Kier molecular flexibility index (Phi) is 6.12. The minimum absolute atomic E-state index is 0.120. The van der Waals surface area contributed by atoms with E-state index < -0.39 is 11.9 Å². The van der Waals surface area contributed by atoms with Crippen LogP contribution in [0.25, 0.3) is 17.0 Å². The summed E-state index contributed by atoms with van der Waals surface area (Å²) in [6.07, 6.45) is 1.63. The number of ether oxygens (including phenoxy) is 2. The predicted octanol–water partition coefficient (Wildman–Crippen LogP) is 4.58. The van der Waals surface area contributed by atoms with Gasteiger partial charge in [0.25, 0.3) is 5.89 Å². The van der Waals surface area contributed by atoms with Crippen LogP contribution in [-0.2, 0) is 0 Å². The zero-order valence-electron chi connectivity index (χ0n) is 18.5. The average molecular weight is 450 g/mol. The Morgan fingerprint density at radius 1 is 1.24 bits per heavy atom. The van der Waals surface area contributed by atoms with E-state index in [1.807, 2.05) is 31.2 Å². The fraction of sp³-hybridized carbons (Fsp3) is 0.208. The number of methoxy groups -OCH3 is 2. The van der Waals surface area contributed by atoms with Crippen LogP contribution in [0.4, 0.5) is 9.18 Å². The van der Waals surface area contributed by atoms with Crippen LogP contribution in [0.3, 0.4) is 0 Å². The highest BCUT2D eigenvalue weighted by Gasteiger charge is 2.35. The molecule has 0 bridgehead atoms. The number of halogens is 1. The summed E-state index contributed by atoms with van der Waals surface area (Å²) in [7, 11) is 2.97. The van der Waals surface area contributed by atoms with Crippen LogP contribution in [0.5, 0.6) is 11.5 Å². The first-order valence-electron chi connectivity index (χ1n) is 10.2. The van der Waals surface area contributed by atoms with Gasteiger partial charge in [0.15, 0.2) is 11.6 Å². The second kappa shape index (κ2) is 9.15. The normalized spacial score (nSPS) is 15.9. The summed E-state index contributed by atoms with van der Waals surface area (Å²) in [5.41, 5.74) is 2.48. The molecule has 33 heavy (non-hydrogen) atoms. The molecule has 1 unspecified atom stereocenters. The summed E-state index contributed by atoms with van der Waals surface area (Å²) in [4.78, 5) is 18.9. The lowest BCUT2D eigenvalue weighted by molar-refractivity contribution is 0.209. The molecule has 0 aliphatic carbocycles. The number of urea groups is 1. The Morgan fingerprint density at radius 3 is 2.76 bits per heavy atom. The summed E-state index contributed by atoms with van der Waals surface area (Å²) in [6.45, 7) is 5.84. The number of rotatable bonds is 7. The third-order valence-corrected chi connectivity index (χ3v) is 5.40. The average Bonchev–Trinajstić information content (AvgIpc) is 3.31. The highest BCUT2D eigenvalue weighted by molar-refractivity contribution is 5.87. The molecule has 0 fully saturated rings. The maximum absolute atomic E-state index is 14.2. The molecule has 1 aliphatic rings. The van der Waals surface area contributed by atoms with Crippen LogP contribution in [0, 0.1) is 5.82 Å². The molecule has 1 N–H and O–H groups in total. The standard InChI is InChI=1S/C24H23FN4O4/c1-5-11-29-14(2)20(21(26-24(29)30)15-7-6-8-17(12-15)31-3)23-27-22(28-33-23)16-9-10-19(32-4)18(25)13-16/h5-10,12-13,21H,1,11H2,2-4H3,(H,26,30). The van der Waals surface area contributed by atoms with Gasteiger partial charge in [0.2, 0.25) is 5.82 Å². The van der Waals surface area contributed by atoms with Gasteiger partial charge >= 0.3 is 6.03 Å². The van der Waals surface area contributed by atoms with Crippen molar-refractivity contribution in [2.75, 3.05) is 20.8 Å². The number of benzene rings is 2. The monoisotopic (exact) mass is 450 g/mol. The molecule has 1 aromatic heterocycles. The fourth-order valence-corrected chi connectivity index (χ4v) is 3.73. The van der Waals surface area contributed by atoms with E-state index in [0.717, 1.165) is 5.56 Å². The van der Waals surface area contributed by atoms with Gasteiger partial charge in [-0.05, 0) is 42.8 Å². The van der Waals surface area contributed by atoms with Crippen molar-refractivity contribution in [1.82, 2.24) is 20.4 Å². The number of hydrogen-bond acceptors (Lipinski definition) is 6. The van der Waals surface area contributed by atoms with Gasteiger partial charge in [0.05, 0.1) is 25.8 Å². The molecule has 9 heteroatoms. The fourth-order valence-electron chi connectivity index (χ4n) is 3.73. The van der Waals surface area contributed by atoms with Gasteiger partial charge in [-0.25, -0.2) is 9.18 Å². The molecule has 170 valence electrons. The van der Waals surface area contributed by atoms with Gasteiger partial charge in [0.1, 0.15) is 5.75 Å². The summed E-state index contributed by atoms with van der Waals surface area (Å²) in [5, 5.41) is 7.03. The Bertz CT molecular complexity index is 1240. The van der Waals surface area contributed by atoms with Crippen molar-refractivity contribution in [3.05, 3.63) is 78.1 Å². The van der Waals surface area contributed by atoms with Gasteiger partial charge in [-0.1, -0.05) is 23.4 Å². The molecule has 3 aromatic rings. The van der Waals surface area contributed by atoms with E-state index in [9.17, 15) is 9.18 Å². The van der Waals surface area contributed by atoms with Gasteiger partial charge in [0, 0.05) is 17.8 Å². The molecule has 1 atom stereocenters. The predicted molar refractivity (Wildman–Crippen MR) is 120 cm³/mol. The maximum atomic E-state index is 14.2. The van der Waals surface area contributed by atoms with Crippen molar-refractivity contribution in [3.8, 4) is 22.9 Å². The molecular formula is C24H23FN4O4. The topological polar surface area (TPSA) is 89.7 Å². The smallest absolute Gasteiger partial charge is 0.322 e. The Hall–Kier alpha value is -4.14. The lowest BCUT2D eigenvalue weighted by Crippen LogP contribution is -2.46. The van der Waals surface area contributed by atoms with Crippen molar-refractivity contribution in [2.24, 2.45) is 0 Å². The number of nitrogens with one attached hydrogen (secondary N) is 1. The third kappa shape index (κ3) is 4.17. The van der Waals surface area contributed by atoms with Crippen LogP contribution >= 0.6 is 0 Å². The zero-order valence-corrected chi connectivity index (χ0v) is 18.5. The molecule has 1 aliphatic heterocycles. The highest BCUT2D eigenvalue weighted by Crippen LogP contribution is 2.38. The van der Waals surface area contributed by atoms with Crippen LogP contribution in [0.1, 0.15) is 24.4 Å². The lowest BCUT2D eigenvalue weighted by Gasteiger charge is -2.34. The number of nitrogens with zero attached hydrogens (tertiary/aromatic N) is 3. The number of carbonyl (C=O) groups is 1. The first kappa shape index (κ1) is 22.1. The number of allylic oxidation sites excluding steroid dienone is 1. The van der Waals surface area contributed by atoms with Crippen LogP contribution in [0.2, 0.25) is 0 Å². The van der Waals surface area contributed by atoms with Crippen molar-refractivity contribution < 1.29 is 23.2 Å². The van der Waals surface area contributed by atoms with Gasteiger partial charge in [-0.2, -0.15) is 4.98 Å². The molecule has 8 nitrogen and oxygen atoms in total. The highest BCUT2D eigenvalue weighted by atomic mass is 19.1. The first-order chi connectivity index (χ1) is 16.0. The third-order valence-electron chi connectivity index (χ3n) is 5.40. The largest absolute Gasteiger partial charge is 0.497 e. The number of aromatic nitrogens is 2.